The number of hydrogen-bond donors (Lipinski definition) is 0. The van der Waals surface area contributed by atoms with Crippen molar-refractivity contribution in [2.75, 3.05) is 26.3 Å². The minimum absolute atomic E-state index is 0.150. The third-order valence-electron chi connectivity index (χ3n) is 3.91. The smallest absolute Gasteiger partial charge is 0.227 e. The number of nitrogens with zero attached hydrogens (tertiary/aromatic N) is 1. The number of ether oxygens (including phenoxy) is 1. The van der Waals surface area contributed by atoms with E-state index >= 15 is 0 Å². The van der Waals surface area contributed by atoms with Crippen molar-refractivity contribution in [1.82, 2.24) is 4.90 Å². The molecule has 1 aliphatic heterocycles. The van der Waals surface area contributed by atoms with E-state index in [2.05, 4.69) is 45.9 Å². The Morgan fingerprint density at radius 3 is 2.45 bits per heavy atom. The highest BCUT2D eigenvalue weighted by Gasteiger charge is 2.19. The van der Waals surface area contributed by atoms with Crippen LogP contribution in [-0.4, -0.2) is 37.1 Å². The van der Waals surface area contributed by atoms with Crippen LogP contribution in [0, 0.1) is 6.92 Å². The van der Waals surface area contributed by atoms with Crippen LogP contribution in [0.15, 0.2) is 18.2 Å². The summed E-state index contributed by atoms with van der Waals surface area (Å²) in [4.78, 5) is 14.2. The zero-order valence-corrected chi connectivity index (χ0v) is 13.0. The largest absolute Gasteiger partial charge is 0.378 e. The number of carbonyl (C=O) groups excluding carboxylic acids is 1. The predicted molar refractivity (Wildman–Crippen MR) is 81.0 cm³/mol. The van der Waals surface area contributed by atoms with Crippen LogP contribution < -0.4 is 0 Å². The number of rotatable bonds is 2. The minimum atomic E-state index is 0.150. The van der Waals surface area contributed by atoms with Gasteiger partial charge in [-0.05, 0) is 29.0 Å². The zero-order valence-electron chi connectivity index (χ0n) is 13.0. The van der Waals surface area contributed by atoms with Gasteiger partial charge < -0.3 is 9.64 Å². The molecule has 0 atom stereocenters. The van der Waals surface area contributed by atoms with E-state index in [1.807, 2.05) is 4.90 Å². The molecule has 1 amide bonds. The van der Waals surface area contributed by atoms with Gasteiger partial charge in [-0.2, -0.15) is 0 Å². The van der Waals surface area contributed by atoms with Crippen molar-refractivity contribution in [2.45, 2.75) is 39.5 Å². The minimum Gasteiger partial charge on any atom is -0.378 e. The highest BCUT2D eigenvalue weighted by Crippen LogP contribution is 2.24. The Morgan fingerprint density at radius 2 is 1.90 bits per heavy atom. The Balaban J connectivity index is 2.08. The molecule has 1 saturated heterocycles. The van der Waals surface area contributed by atoms with Gasteiger partial charge >= 0.3 is 0 Å². The quantitative estimate of drug-likeness (QED) is 0.830. The lowest BCUT2D eigenvalue weighted by molar-refractivity contribution is -0.134. The maximum atomic E-state index is 12.3. The van der Waals surface area contributed by atoms with Crippen LogP contribution >= 0.6 is 0 Å². The maximum Gasteiger partial charge on any atom is 0.227 e. The molecule has 3 heteroatoms. The number of carbonyl (C=O) groups is 1. The van der Waals surface area contributed by atoms with Crippen LogP contribution in [0.4, 0.5) is 0 Å². The monoisotopic (exact) mass is 275 g/mol. The van der Waals surface area contributed by atoms with Gasteiger partial charge in [0.05, 0.1) is 19.6 Å². The number of hydrogen-bond acceptors (Lipinski definition) is 2. The maximum absolute atomic E-state index is 12.3. The fraction of sp³-hybridized carbons (Fsp3) is 0.588. The van der Waals surface area contributed by atoms with Crippen molar-refractivity contribution >= 4 is 5.91 Å². The molecule has 0 radical (unpaired) electrons. The SMILES string of the molecule is Cc1cc(C(C)(C)C)ccc1CC(=O)N1CCOCC1. The summed E-state index contributed by atoms with van der Waals surface area (Å²) >= 11 is 0. The predicted octanol–water partition coefficient (Wildman–Crippen LogP) is 2.69. The lowest BCUT2D eigenvalue weighted by Gasteiger charge is -2.27. The van der Waals surface area contributed by atoms with Gasteiger partial charge in [0.2, 0.25) is 5.91 Å². The summed E-state index contributed by atoms with van der Waals surface area (Å²) in [5, 5.41) is 0. The normalized spacial score (nSPS) is 16.3. The second-order valence-electron chi connectivity index (χ2n) is 6.56. The molecule has 0 aliphatic carbocycles. The van der Waals surface area contributed by atoms with E-state index in [4.69, 9.17) is 4.74 Å². The number of amides is 1. The summed E-state index contributed by atoms with van der Waals surface area (Å²) in [5.74, 6) is 0.208. The highest BCUT2D eigenvalue weighted by molar-refractivity contribution is 5.79. The first kappa shape index (κ1) is 15.0. The lowest BCUT2D eigenvalue weighted by Crippen LogP contribution is -2.41. The van der Waals surface area contributed by atoms with E-state index in [0.29, 0.717) is 19.6 Å². The molecular formula is C17H25NO2. The molecule has 0 N–H and O–H groups in total. The fourth-order valence-electron chi connectivity index (χ4n) is 2.45. The van der Waals surface area contributed by atoms with E-state index in [0.717, 1.165) is 18.7 Å². The van der Waals surface area contributed by atoms with Crippen LogP contribution in [0.3, 0.4) is 0 Å². The second-order valence-corrected chi connectivity index (χ2v) is 6.56. The van der Waals surface area contributed by atoms with E-state index < -0.39 is 0 Å². The van der Waals surface area contributed by atoms with Gasteiger partial charge in [-0.3, -0.25) is 4.79 Å². The van der Waals surface area contributed by atoms with Crippen molar-refractivity contribution in [2.24, 2.45) is 0 Å². The molecule has 1 heterocycles. The summed E-state index contributed by atoms with van der Waals surface area (Å²) in [6.07, 6.45) is 0.496. The summed E-state index contributed by atoms with van der Waals surface area (Å²) in [5.41, 5.74) is 3.81. The highest BCUT2D eigenvalue weighted by atomic mass is 16.5. The number of benzene rings is 1. The molecule has 110 valence electrons. The lowest BCUT2D eigenvalue weighted by atomic mass is 9.85. The summed E-state index contributed by atoms with van der Waals surface area (Å²) in [7, 11) is 0. The van der Waals surface area contributed by atoms with E-state index in [-0.39, 0.29) is 11.3 Å². The molecule has 0 aromatic heterocycles. The molecule has 0 unspecified atom stereocenters. The molecule has 1 fully saturated rings. The zero-order chi connectivity index (χ0) is 14.8. The van der Waals surface area contributed by atoms with Crippen LogP contribution in [0.2, 0.25) is 0 Å². The van der Waals surface area contributed by atoms with Crippen molar-refractivity contribution in [3.05, 3.63) is 34.9 Å². The molecule has 3 nitrogen and oxygen atoms in total. The van der Waals surface area contributed by atoms with Gasteiger partial charge in [0.15, 0.2) is 0 Å². The molecule has 0 spiro atoms. The van der Waals surface area contributed by atoms with Crippen molar-refractivity contribution in [1.29, 1.82) is 0 Å². The molecule has 1 aromatic carbocycles. The average Bonchev–Trinajstić information content (AvgIpc) is 2.41. The first-order chi connectivity index (χ1) is 9.38. The van der Waals surface area contributed by atoms with Gasteiger partial charge in [-0.25, -0.2) is 0 Å². The summed E-state index contributed by atoms with van der Waals surface area (Å²) in [6.45, 7) is 11.5. The molecular weight excluding hydrogens is 250 g/mol. The van der Waals surface area contributed by atoms with Gasteiger partial charge in [0.25, 0.3) is 0 Å². The molecule has 0 bridgehead atoms. The molecule has 0 saturated carbocycles. The summed E-state index contributed by atoms with van der Waals surface area (Å²) < 4.78 is 5.28. The van der Waals surface area contributed by atoms with Gasteiger partial charge in [0.1, 0.15) is 0 Å². The average molecular weight is 275 g/mol. The van der Waals surface area contributed by atoms with Crippen LogP contribution in [0.25, 0.3) is 0 Å². The van der Waals surface area contributed by atoms with E-state index in [1.165, 1.54) is 11.1 Å². The van der Waals surface area contributed by atoms with Crippen LogP contribution in [0.1, 0.15) is 37.5 Å². The van der Waals surface area contributed by atoms with Gasteiger partial charge in [-0.1, -0.05) is 39.0 Å². The molecule has 20 heavy (non-hydrogen) atoms. The molecule has 2 rings (SSSR count). The Labute approximate surface area is 121 Å². The third kappa shape index (κ3) is 3.60. The number of morpholine rings is 1. The Morgan fingerprint density at radius 1 is 1.25 bits per heavy atom. The third-order valence-corrected chi connectivity index (χ3v) is 3.91. The first-order valence-corrected chi connectivity index (χ1v) is 7.33. The van der Waals surface area contributed by atoms with Crippen molar-refractivity contribution < 1.29 is 9.53 Å². The molecule has 1 aliphatic rings. The van der Waals surface area contributed by atoms with E-state index in [1.54, 1.807) is 0 Å². The Bertz CT molecular complexity index is 482. The Kier molecular flexibility index (Phi) is 4.48. The van der Waals surface area contributed by atoms with Crippen LogP contribution in [-0.2, 0) is 21.4 Å². The number of aryl methyl sites for hydroxylation is 1. The summed E-state index contributed by atoms with van der Waals surface area (Å²) in [6, 6.07) is 6.46. The fourth-order valence-corrected chi connectivity index (χ4v) is 2.45. The first-order valence-electron chi connectivity index (χ1n) is 7.33. The Hall–Kier alpha value is -1.35. The van der Waals surface area contributed by atoms with Crippen molar-refractivity contribution in [3.8, 4) is 0 Å². The molecule has 1 aromatic rings. The standard InChI is InChI=1S/C17H25NO2/c1-13-11-15(17(2,3)4)6-5-14(13)12-16(19)18-7-9-20-10-8-18/h5-6,11H,7-10,12H2,1-4H3. The van der Waals surface area contributed by atoms with Gasteiger partial charge in [-0.15, -0.1) is 0 Å². The second kappa shape index (κ2) is 5.96. The topological polar surface area (TPSA) is 29.5 Å². The van der Waals surface area contributed by atoms with Crippen molar-refractivity contribution in [3.63, 3.8) is 0 Å². The van der Waals surface area contributed by atoms with Gasteiger partial charge in [0, 0.05) is 13.1 Å². The van der Waals surface area contributed by atoms with Crippen LogP contribution in [0.5, 0.6) is 0 Å². The van der Waals surface area contributed by atoms with E-state index in [9.17, 15) is 4.79 Å².